The molecule has 2 aromatic rings. The van der Waals surface area contributed by atoms with E-state index in [1.807, 2.05) is 30.5 Å². The number of methoxy groups -OCH3 is 1. The molecule has 0 fully saturated rings. The Labute approximate surface area is 124 Å². The van der Waals surface area contributed by atoms with E-state index in [2.05, 4.69) is 16.8 Å². The third-order valence-corrected chi connectivity index (χ3v) is 3.47. The molecular weight excluding hydrogens is 270 g/mol. The van der Waals surface area contributed by atoms with Gasteiger partial charge in [0, 0.05) is 31.1 Å². The van der Waals surface area contributed by atoms with Crippen molar-refractivity contribution in [2.24, 2.45) is 5.73 Å². The molecule has 1 aromatic heterocycles. The first-order valence-electron chi connectivity index (χ1n) is 6.61. The van der Waals surface area contributed by atoms with Crippen LogP contribution in [0.3, 0.4) is 0 Å². The summed E-state index contributed by atoms with van der Waals surface area (Å²) in [5.41, 5.74) is 5.60. The fourth-order valence-electron chi connectivity index (χ4n) is 2.17. The monoisotopic (exact) mass is 289 g/mol. The zero-order valence-electron chi connectivity index (χ0n) is 11.8. The molecule has 1 heterocycles. The summed E-state index contributed by atoms with van der Waals surface area (Å²) in [7, 11) is 1.67. The number of nitrogens with two attached hydrogens (primary N) is 1. The van der Waals surface area contributed by atoms with E-state index in [4.69, 9.17) is 22.7 Å². The highest BCUT2D eigenvalue weighted by atomic mass is 32.1. The van der Waals surface area contributed by atoms with Gasteiger partial charge in [-0.3, -0.25) is 0 Å². The maximum atomic E-state index is 5.60. The van der Waals surface area contributed by atoms with Crippen LogP contribution in [-0.4, -0.2) is 30.2 Å². The maximum absolute atomic E-state index is 5.60. The second-order valence-corrected chi connectivity index (χ2v) is 5.04. The Balaban J connectivity index is 2.42. The summed E-state index contributed by atoms with van der Waals surface area (Å²) in [4.78, 5) is 7.23. The maximum Gasteiger partial charge on any atom is 0.136 e. The van der Waals surface area contributed by atoms with Gasteiger partial charge in [0.25, 0.3) is 0 Å². The van der Waals surface area contributed by atoms with E-state index in [0.717, 1.165) is 35.4 Å². The minimum absolute atomic E-state index is 0.529. The molecule has 0 unspecified atom stereocenters. The smallest absolute Gasteiger partial charge is 0.136 e. The predicted molar refractivity (Wildman–Crippen MR) is 87.6 cm³/mol. The molecule has 0 amide bonds. The molecule has 5 heteroatoms. The van der Waals surface area contributed by atoms with Gasteiger partial charge >= 0.3 is 0 Å². The van der Waals surface area contributed by atoms with Crippen molar-refractivity contribution in [1.82, 2.24) is 4.98 Å². The molecule has 4 nitrogen and oxygen atoms in total. The van der Waals surface area contributed by atoms with Crippen molar-refractivity contribution in [2.45, 2.75) is 13.3 Å². The lowest BCUT2D eigenvalue weighted by Gasteiger charge is -2.23. The summed E-state index contributed by atoms with van der Waals surface area (Å²) in [6, 6.07) is 8.01. The van der Waals surface area contributed by atoms with Gasteiger partial charge in [-0.05, 0) is 30.5 Å². The lowest BCUT2D eigenvalue weighted by molar-refractivity contribution is 0.415. The van der Waals surface area contributed by atoms with Crippen molar-refractivity contribution >= 4 is 33.8 Å². The van der Waals surface area contributed by atoms with Gasteiger partial charge in [0.05, 0.1) is 12.1 Å². The first-order valence-corrected chi connectivity index (χ1v) is 7.02. The topological polar surface area (TPSA) is 51.4 Å². The minimum Gasteiger partial charge on any atom is -0.497 e. The molecule has 0 aliphatic rings. The van der Waals surface area contributed by atoms with E-state index in [9.17, 15) is 0 Å². The quantitative estimate of drug-likeness (QED) is 0.829. The first-order chi connectivity index (χ1) is 9.65. The summed E-state index contributed by atoms with van der Waals surface area (Å²) in [5.74, 6) is 1.78. The van der Waals surface area contributed by atoms with Crippen molar-refractivity contribution in [2.75, 3.05) is 25.1 Å². The standard InChI is InChI=1S/C15H19N3OS/c1-3-18(9-7-14(16)20)15-13-10-12(19-2)5-4-11(13)6-8-17-15/h4-6,8,10H,3,7,9H2,1-2H3,(H2,16,20). The SMILES string of the molecule is CCN(CCC(N)=S)c1nccc2ccc(OC)cc12. The van der Waals surface area contributed by atoms with Gasteiger partial charge < -0.3 is 15.4 Å². The Bertz CT molecular complexity index is 615. The number of nitrogens with zero attached hydrogens (tertiary/aromatic N) is 2. The molecule has 0 atom stereocenters. The molecule has 0 spiro atoms. The molecule has 0 saturated carbocycles. The van der Waals surface area contributed by atoms with Crippen LogP contribution in [0, 0.1) is 0 Å². The van der Waals surface area contributed by atoms with Crippen LogP contribution in [0.5, 0.6) is 5.75 Å². The van der Waals surface area contributed by atoms with Crippen LogP contribution in [0.15, 0.2) is 30.5 Å². The van der Waals surface area contributed by atoms with Gasteiger partial charge in [-0.25, -0.2) is 4.98 Å². The molecule has 2 rings (SSSR count). The number of aromatic nitrogens is 1. The second-order valence-electron chi connectivity index (χ2n) is 4.52. The molecule has 1 aromatic carbocycles. The first kappa shape index (κ1) is 14.5. The highest BCUT2D eigenvalue weighted by Gasteiger charge is 2.11. The van der Waals surface area contributed by atoms with Gasteiger partial charge in [-0.15, -0.1) is 0 Å². The van der Waals surface area contributed by atoms with Crippen molar-refractivity contribution in [1.29, 1.82) is 0 Å². The Kier molecular flexibility index (Phi) is 4.74. The molecule has 0 aliphatic heterocycles. The normalized spacial score (nSPS) is 10.5. The Morgan fingerprint density at radius 1 is 1.40 bits per heavy atom. The number of thiocarbonyl (C=S) groups is 1. The summed E-state index contributed by atoms with van der Waals surface area (Å²) in [5, 5.41) is 2.22. The lowest BCUT2D eigenvalue weighted by Crippen LogP contribution is -2.28. The van der Waals surface area contributed by atoms with E-state index in [1.165, 1.54) is 0 Å². The number of benzene rings is 1. The zero-order valence-corrected chi connectivity index (χ0v) is 12.6. The van der Waals surface area contributed by atoms with E-state index >= 15 is 0 Å². The van der Waals surface area contributed by atoms with Crippen LogP contribution < -0.4 is 15.4 Å². The van der Waals surface area contributed by atoms with E-state index in [1.54, 1.807) is 7.11 Å². The van der Waals surface area contributed by atoms with Crippen LogP contribution >= 0.6 is 12.2 Å². The number of hydrogen-bond donors (Lipinski definition) is 1. The van der Waals surface area contributed by atoms with Gasteiger partial charge in [0.1, 0.15) is 11.6 Å². The van der Waals surface area contributed by atoms with E-state index in [0.29, 0.717) is 11.4 Å². The number of rotatable bonds is 6. The Hall–Kier alpha value is -1.88. The average Bonchev–Trinajstić information content (AvgIpc) is 2.47. The number of anilines is 1. The summed E-state index contributed by atoms with van der Waals surface area (Å²) in [6.45, 7) is 3.72. The lowest BCUT2D eigenvalue weighted by atomic mass is 10.1. The third kappa shape index (κ3) is 3.17. The second kappa shape index (κ2) is 6.52. The number of pyridine rings is 1. The van der Waals surface area contributed by atoms with Crippen LogP contribution in [-0.2, 0) is 0 Å². The summed E-state index contributed by atoms with van der Waals surface area (Å²) in [6.07, 6.45) is 2.51. The largest absolute Gasteiger partial charge is 0.497 e. The van der Waals surface area contributed by atoms with Crippen LogP contribution in [0.1, 0.15) is 13.3 Å². The van der Waals surface area contributed by atoms with E-state index < -0.39 is 0 Å². The molecule has 0 bridgehead atoms. The molecule has 0 saturated heterocycles. The highest BCUT2D eigenvalue weighted by Crippen LogP contribution is 2.28. The Morgan fingerprint density at radius 2 is 2.20 bits per heavy atom. The van der Waals surface area contributed by atoms with Crippen molar-refractivity contribution in [3.05, 3.63) is 30.5 Å². The zero-order chi connectivity index (χ0) is 14.5. The third-order valence-electron chi connectivity index (χ3n) is 3.26. The van der Waals surface area contributed by atoms with Gasteiger partial charge in [0.15, 0.2) is 0 Å². The summed E-state index contributed by atoms with van der Waals surface area (Å²) < 4.78 is 5.30. The fourth-order valence-corrected chi connectivity index (χ4v) is 2.26. The van der Waals surface area contributed by atoms with Crippen LogP contribution in [0.25, 0.3) is 10.8 Å². The van der Waals surface area contributed by atoms with Gasteiger partial charge in [-0.2, -0.15) is 0 Å². The average molecular weight is 289 g/mol. The molecule has 20 heavy (non-hydrogen) atoms. The van der Waals surface area contributed by atoms with Gasteiger partial charge in [0.2, 0.25) is 0 Å². The Morgan fingerprint density at radius 3 is 2.85 bits per heavy atom. The van der Waals surface area contributed by atoms with Crippen molar-refractivity contribution in [3.8, 4) is 5.75 Å². The molecular formula is C15H19N3OS. The number of hydrogen-bond acceptors (Lipinski definition) is 4. The minimum atomic E-state index is 0.529. The predicted octanol–water partition coefficient (Wildman–Crippen LogP) is 2.75. The molecule has 0 radical (unpaired) electrons. The highest BCUT2D eigenvalue weighted by molar-refractivity contribution is 7.80. The number of fused-ring (bicyclic) bond motifs is 1. The molecule has 0 aliphatic carbocycles. The molecule has 106 valence electrons. The number of ether oxygens (including phenoxy) is 1. The van der Waals surface area contributed by atoms with Crippen LogP contribution in [0.4, 0.5) is 5.82 Å². The fraction of sp³-hybridized carbons (Fsp3) is 0.333. The van der Waals surface area contributed by atoms with E-state index in [-0.39, 0.29) is 0 Å². The van der Waals surface area contributed by atoms with Crippen molar-refractivity contribution in [3.63, 3.8) is 0 Å². The van der Waals surface area contributed by atoms with Crippen molar-refractivity contribution < 1.29 is 4.74 Å². The summed E-state index contributed by atoms with van der Waals surface area (Å²) >= 11 is 4.96. The van der Waals surface area contributed by atoms with Gasteiger partial charge in [-0.1, -0.05) is 18.3 Å². The van der Waals surface area contributed by atoms with Crippen LogP contribution in [0.2, 0.25) is 0 Å². The molecule has 2 N–H and O–H groups in total.